The van der Waals surface area contributed by atoms with Crippen LogP contribution in [-0.2, 0) is 4.79 Å². The SMILES string of the molecule is CCC(Oc1ccccc1)C(=O)Nc1cccc(OC(C)C)c1. The predicted octanol–water partition coefficient (Wildman–Crippen LogP) is 4.27. The Kier molecular flexibility index (Phi) is 6.03. The standard InChI is InChI=1S/C19H23NO3/c1-4-18(23-16-10-6-5-7-11-16)19(21)20-15-9-8-12-17(13-15)22-14(2)3/h5-14,18H,4H2,1-3H3,(H,20,21). The van der Waals surface area contributed by atoms with E-state index in [0.29, 0.717) is 17.9 Å². The van der Waals surface area contributed by atoms with Gasteiger partial charge in [0.25, 0.3) is 5.91 Å². The van der Waals surface area contributed by atoms with Gasteiger partial charge in [-0.2, -0.15) is 0 Å². The molecule has 0 bridgehead atoms. The van der Waals surface area contributed by atoms with E-state index in [9.17, 15) is 4.79 Å². The molecule has 23 heavy (non-hydrogen) atoms. The number of benzene rings is 2. The van der Waals surface area contributed by atoms with Crippen LogP contribution in [0.25, 0.3) is 0 Å². The van der Waals surface area contributed by atoms with Crippen LogP contribution >= 0.6 is 0 Å². The smallest absolute Gasteiger partial charge is 0.265 e. The Morgan fingerprint density at radius 3 is 2.35 bits per heavy atom. The molecule has 2 aromatic rings. The maximum absolute atomic E-state index is 12.4. The van der Waals surface area contributed by atoms with Gasteiger partial charge in [0, 0.05) is 11.8 Å². The third kappa shape index (κ3) is 5.33. The van der Waals surface area contributed by atoms with Crippen LogP contribution in [0.1, 0.15) is 27.2 Å². The van der Waals surface area contributed by atoms with Crippen molar-refractivity contribution in [3.05, 3.63) is 54.6 Å². The van der Waals surface area contributed by atoms with E-state index in [2.05, 4.69) is 5.32 Å². The van der Waals surface area contributed by atoms with Gasteiger partial charge in [-0.1, -0.05) is 31.2 Å². The summed E-state index contributed by atoms with van der Waals surface area (Å²) in [5.41, 5.74) is 0.697. The second-order valence-corrected chi connectivity index (χ2v) is 5.51. The molecule has 0 saturated carbocycles. The number of para-hydroxylation sites is 1. The Hall–Kier alpha value is -2.49. The number of anilines is 1. The summed E-state index contributed by atoms with van der Waals surface area (Å²) in [7, 11) is 0. The van der Waals surface area contributed by atoms with Gasteiger partial charge in [0.2, 0.25) is 0 Å². The Balaban J connectivity index is 2.01. The quantitative estimate of drug-likeness (QED) is 0.830. The van der Waals surface area contributed by atoms with Crippen LogP contribution in [0.5, 0.6) is 11.5 Å². The molecule has 1 atom stereocenters. The van der Waals surface area contributed by atoms with Crippen molar-refractivity contribution in [1.29, 1.82) is 0 Å². The van der Waals surface area contributed by atoms with Gasteiger partial charge in [0.15, 0.2) is 6.10 Å². The molecule has 4 nitrogen and oxygen atoms in total. The van der Waals surface area contributed by atoms with Crippen LogP contribution < -0.4 is 14.8 Å². The fraction of sp³-hybridized carbons (Fsp3) is 0.316. The predicted molar refractivity (Wildman–Crippen MR) is 92.0 cm³/mol. The Morgan fingerprint density at radius 1 is 1.00 bits per heavy atom. The normalized spacial score (nSPS) is 11.8. The van der Waals surface area contributed by atoms with Crippen molar-refractivity contribution in [2.45, 2.75) is 39.4 Å². The van der Waals surface area contributed by atoms with Crippen LogP contribution in [0.3, 0.4) is 0 Å². The lowest BCUT2D eigenvalue weighted by atomic mass is 10.2. The van der Waals surface area contributed by atoms with Crippen molar-refractivity contribution >= 4 is 11.6 Å². The maximum atomic E-state index is 12.4. The molecule has 0 radical (unpaired) electrons. The number of amides is 1. The number of carbonyl (C=O) groups excluding carboxylic acids is 1. The van der Waals surface area contributed by atoms with Crippen molar-refractivity contribution in [1.82, 2.24) is 0 Å². The average Bonchev–Trinajstić information content (AvgIpc) is 2.53. The summed E-state index contributed by atoms with van der Waals surface area (Å²) in [4.78, 5) is 12.4. The van der Waals surface area contributed by atoms with Crippen LogP contribution in [0.15, 0.2) is 54.6 Å². The second-order valence-electron chi connectivity index (χ2n) is 5.51. The minimum Gasteiger partial charge on any atom is -0.491 e. The molecule has 0 fully saturated rings. The van der Waals surface area contributed by atoms with Gasteiger partial charge in [0.05, 0.1) is 6.10 Å². The Labute approximate surface area is 137 Å². The zero-order valence-corrected chi connectivity index (χ0v) is 13.8. The summed E-state index contributed by atoms with van der Waals surface area (Å²) in [6, 6.07) is 16.7. The molecule has 0 aliphatic carbocycles. The molecular weight excluding hydrogens is 290 g/mol. The van der Waals surface area contributed by atoms with Gasteiger partial charge in [0.1, 0.15) is 11.5 Å². The summed E-state index contributed by atoms with van der Waals surface area (Å²) in [6.07, 6.45) is 0.140. The highest BCUT2D eigenvalue weighted by molar-refractivity contribution is 5.94. The van der Waals surface area contributed by atoms with Crippen LogP contribution in [-0.4, -0.2) is 18.1 Å². The number of carbonyl (C=O) groups is 1. The van der Waals surface area contributed by atoms with E-state index in [4.69, 9.17) is 9.47 Å². The van der Waals surface area contributed by atoms with E-state index in [1.165, 1.54) is 0 Å². The van der Waals surface area contributed by atoms with Crippen molar-refractivity contribution in [2.24, 2.45) is 0 Å². The zero-order valence-electron chi connectivity index (χ0n) is 13.8. The van der Waals surface area contributed by atoms with Gasteiger partial charge in [-0.05, 0) is 44.5 Å². The monoisotopic (exact) mass is 313 g/mol. The topological polar surface area (TPSA) is 47.6 Å². The summed E-state index contributed by atoms with van der Waals surface area (Å²) in [5, 5.41) is 2.88. The molecule has 0 saturated heterocycles. The Bertz CT molecular complexity index is 626. The first-order valence-corrected chi connectivity index (χ1v) is 7.87. The highest BCUT2D eigenvalue weighted by atomic mass is 16.5. The van der Waals surface area contributed by atoms with E-state index in [-0.39, 0.29) is 12.0 Å². The first-order chi connectivity index (χ1) is 11.1. The molecule has 0 heterocycles. The minimum atomic E-state index is -0.535. The van der Waals surface area contributed by atoms with Crippen molar-refractivity contribution in [2.75, 3.05) is 5.32 Å². The Morgan fingerprint density at radius 2 is 1.70 bits per heavy atom. The van der Waals surface area contributed by atoms with Crippen molar-refractivity contribution in [3.8, 4) is 11.5 Å². The zero-order chi connectivity index (χ0) is 16.7. The second kappa shape index (κ2) is 8.22. The molecular formula is C19H23NO3. The lowest BCUT2D eigenvalue weighted by Crippen LogP contribution is -2.32. The molecule has 1 N–H and O–H groups in total. The lowest BCUT2D eigenvalue weighted by molar-refractivity contribution is -0.122. The van der Waals surface area contributed by atoms with Crippen molar-refractivity contribution in [3.63, 3.8) is 0 Å². The minimum absolute atomic E-state index is 0.0887. The number of nitrogens with one attached hydrogen (secondary N) is 1. The molecule has 122 valence electrons. The maximum Gasteiger partial charge on any atom is 0.265 e. The molecule has 2 aromatic carbocycles. The molecule has 1 amide bonds. The fourth-order valence-electron chi connectivity index (χ4n) is 2.13. The van der Waals surface area contributed by atoms with E-state index in [1.54, 1.807) is 0 Å². The molecule has 4 heteroatoms. The van der Waals surface area contributed by atoms with Gasteiger partial charge in [-0.3, -0.25) is 4.79 Å². The van der Waals surface area contributed by atoms with Crippen LogP contribution in [0.2, 0.25) is 0 Å². The van der Waals surface area contributed by atoms with E-state index in [0.717, 1.165) is 5.75 Å². The number of hydrogen-bond acceptors (Lipinski definition) is 3. The highest BCUT2D eigenvalue weighted by Crippen LogP contribution is 2.20. The lowest BCUT2D eigenvalue weighted by Gasteiger charge is -2.18. The number of hydrogen-bond donors (Lipinski definition) is 1. The molecule has 0 aliphatic heterocycles. The van der Waals surface area contributed by atoms with Gasteiger partial charge >= 0.3 is 0 Å². The summed E-state index contributed by atoms with van der Waals surface area (Å²) in [6.45, 7) is 5.85. The number of ether oxygens (including phenoxy) is 2. The molecule has 0 spiro atoms. The summed E-state index contributed by atoms with van der Waals surface area (Å²) in [5.74, 6) is 1.25. The first-order valence-electron chi connectivity index (χ1n) is 7.87. The van der Waals surface area contributed by atoms with Crippen molar-refractivity contribution < 1.29 is 14.3 Å². The first kappa shape index (κ1) is 16.9. The van der Waals surface area contributed by atoms with Gasteiger partial charge in [-0.15, -0.1) is 0 Å². The highest BCUT2D eigenvalue weighted by Gasteiger charge is 2.18. The average molecular weight is 313 g/mol. The summed E-state index contributed by atoms with van der Waals surface area (Å²) >= 11 is 0. The molecule has 0 aromatic heterocycles. The largest absolute Gasteiger partial charge is 0.491 e. The molecule has 0 aliphatic rings. The van der Waals surface area contributed by atoms with Crippen LogP contribution in [0, 0.1) is 0 Å². The van der Waals surface area contributed by atoms with Crippen LogP contribution in [0.4, 0.5) is 5.69 Å². The molecule has 1 unspecified atom stereocenters. The third-order valence-corrected chi connectivity index (χ3v) is 3.16. The number of rotatable bonds is 7. The van der Waals surface area contributed by atoms with Gasteiger partial charge < -0.3 is 14.8 Å². The summed E-state index contributed by atoms with van der Waals surface area (Å²) < 4.78 is 11.4. The fourth-order valence-corrected chi connectivity index (χ4v) is 2.13. The van der Waals surface area contributed by atoms with Gasteiger partial charge in [-0.25, -0.2) is 0 Å². The van der Waals surface area contributed by atoms with E-state index < -0.39 is 6.10 Å². The van der Waals surface area contributed by atoms with E-state index >= 15 is 0 Å². The van der Waals surface area contributed by atoms with E-state index in [1.807, 2.05) is 75.4 Å². The third-order valence-electron chi connectivity index (χ3n) is 3.16. The molecule has 2 rings (SSSR count).